The molecule has 0 bridgehead atoms. The Bertz CT molecular complexity index is 331. The minimum absolute atomic E-state index is 0.0956. The lowest BCUT2D eigenvalue weighted by molar-refractivity contribution is -0.143. The Morgan fingerprint density at radius 2 is 2.35 bits per heavy atom. The van der Waals surface area contributed by atoms with Gasteiger partial charge in [-0.25, -0.2) is 4.79 Å². The number of hydrogen-bond acceptors (Lipinski definition) is 4. The number of carboxylic acid groups (broad SMARTS) is 1. The number of amides is 1. The lowest BCUT2D eigenvalue weighted by Crippen LogP contribution is -2.47. The van der Waals surface area contributed by atoms with Crippen LogP contribution in [-0.4, -0.2) is 36.2 Å². The van der Waals surface area contributed by atoms with Gasteiger partial charge in [0.2, 0.25) is 5.91 Å². The minimum atomic E-state index is -1.11. The highest BCUT2D eigenvalue weighted by Crippen LogP contribution is 2.14. The Hall–Kier alpha value is -1.61. The van der Waals surface area contributed by atoms with E-state index in [9.17, 15) is 9.59 Å². The standard InChI is InChI=1S/C11H16N2O4/c1-7(2-4-12)9(11(15)16)13-10(14)8-3-5-17-6-8/h7-9H,2-3,5-6H2,1H3,(H,13,14)(H,15,16)/t7-,8+,9+/m1/s1. The lowest BCUT2D eigenvalue weighted by atomic mass is 9.98. The first kappa shape index (κ1) is 13.5. The van der Waals surface area contributed by atoms with Crippen LogP contribution in [0.5, 0.6) is 0 Å². The Morgan fingerprint density at radius 3 is 2.82 bits per heavy atom. The molecule has 1 rings (SSSR count). The summed E-state index contributed by atoms with van der Waals surface area (Å²) in [5.41, 5.74) is 0. The van der Waals surface area contributed by atoms with Gasteiger partial charge in [0.1, 0.15) is 6.04 Å². The molecule has 0 aromatic rings. The van der Waals surface area contributed by atoms with E-state index in [1.54, 1.807) is 6.92 Å². The summed E-state index contributed by atoms with van der Waals surface area (Å²) in [4.78, 5) is 22.7. The van der Waals surface area contributed by atoms with Gasteiger partial charge in [-0.3, -0.25) is 4.79 Å². The van der Waals surface area contributed by atoms with Crippen LogP contribution in [0.25, 0.3) is 0 Å². The average Bonchev–Trinajstić information content (AvgIpc) is 2.78. The van der Waals surface area contributed by atoms with E-state index in [4.69, 9.17) is 15.1 Å². The summed E-state index contributed by atoms with van der Waals surface area (Å²) in [7, 11) is 0. The van der Waals surface area contributed by atoms with E-state index in [-0.39, 0.29) is 18.2 Å². The van der Waals surface area contributed by atoms with Crippen molar-refractivity contribution in [2.75, 3.05) is 13.2 Å². The monoisotopic (exact) mass is 240 g/mol. The molecule has 6 nitrogen and oxygen atoms in total. The first-order chi connectivity index (χ1) is 8.06. The van der Waals surface area contributed by atoms with Gasteiger partial charge >= 0.3 is 5.97 Å². The molecule has 6 heteroatoms. The molecule has 3 atom stereocenters. The van der Waals surface area contributed by atoms with E-state index in [0.29, 0.717) is 19.6 Å². The molecular weight excluding hydrogens is 224 g/mol. The highest BCUT2D eigenvalue weighted by Gasteiger charge is 2.30. The molecule has 1 aliphatic heterocycles. The molecule has 94 valence electrons. The third-order valence-electron chi connectivity index (χ3n) is 2.85. The number of nitrogens with one attached hydrogen (secondary N) is 1. The highest BCUT2D eigenvalue weighted by molar-refractivity contribution is 5.85. The van der Waals surface area contributed by atoms with Crippen LogP contribution in [0.2, 0.25) is 0 Å². The largest absolute Gasteiger partial charge is 0.480 e. The van der Waals surface area contributed by atoms with E-state index < -0.39 is 17.9 Å². The molecule has 0 radical (unpaired) electrons. The third kappa shape index (κ3) is 3.71. The maximum absolute atomic E-state index is 11.7. The van der Waals surface area contributed by atoms with Crippen LogP contribution in [0.4, 0.5) is 0 Å². The Labute approximate surface area is 99.6 Å². The van der Waals surface area contributed by atoms with Crippen molar-refractivity contribution < 1.29 is 19.4 Å². The lowest BCUT2D eigenvalue weighted by Gasteiger charge is -2.20. The van der Waals surface area contributed by atoms with Gasteiger partial charge in [0, 0.05) is 18.9 Å². The number of aliphatic carboxylic acids is 1. The topological polar surface area (TPSA) is 99.4 Å². The average molecular weight is 240 g/mol. The molecule has 0 aromatic heterocycles. The van der Waals surface area contributed by atoms with E-state index in [0.717, 1.165) is 0 Å². The normalized spacial score (nSPS) is 22.5. The number of ether oxygens (including phenoxy) is 1. The minimum Gasteiger partial charge on any atom is -0.480 e. The molecule has 0 unspecified atom stereocenters. The zero-order valence-corrected chi connectivity index (χ0v) is 9.68. The second-order valence-electron chi connectivity index (χ2n) is 4.22. The number of carbonyl (C=O) groups is 2. The number of nitriles is 1. The SMILES string of the molecule is C[C@H](CC#N)[C@H](NC(=O)[C@H]1CCOC1)C(=O)O. The fourth-order valence-corrected chi connectivity index (χ4v) is 1.72. The van der Waals surface area contributed by atoms with E-state index in [2.05, 4.69) is 5.32 Å². The number of hydrogen-bond donors (Lipinski definition) is 2. The highest BCUT2D eigenvalue weighted by atomic mass is 16.5. The van der Waals surface area contributed by atoms with Crippen LogP contribution in [0, 0.1) is 23.2 Å². The summed E-state index contributed by atoms with van der Waals surface area (Å²) in [6, 6.07) is 0.895. The number of carbonyl (C=O) groups excluding carboxylic acids is 1. The Balaban J connectivity index is 2.57. The predicted octanol–water partition coefficient (Wildman–Crippen LogP) is 0.142. The van der Waals surface area contributed by atoms with Crippen molar-refractivity contribution in [3.63, 3.8) is 0 Å². The second-order valence-corrected chi connectivity index (χ2v) is 4.22. The zero-order chi connectivity index (χ0) is 12.8. The van der Waals surface area contributed by atoms with Gasteiger partial charge < -0.3 is 15.2 Å². The van der Waals surface area contributed by atoms with Crippen molar-refractivity contribution in [1.29, 1.82) is 5.26 Å². The number of rotatable bonds is 5. The van der Waals surface area contributed by atoms with Crippen molar-refractivity contribution in [2.24, 2.45) is 11.8 Å². The smallest absolute Gasteiger partial charge is 0.326 e. The first-order valence-corrected chi connectivity index (χ1v) is 5.54. The summed E-state index contributed by atoms with van der Waals surface area (Å²) >= 11 is 0. The third-order valence-corrected chi connectivity index (χ3v) is 2.85. The summed E-state index contributed by atoms with van der Waals surface area (Å²) < 4.78 is 5.07. The van der Waals surface area contributed by atoms with Gasteiger partial charge in [-0.1, -0.05) is 6.92 Å². The van der Waals surface area contributed by atoms with Crippen LogP contribution < -0.4 is 5.32 Å². The van der Waals surface area contributed by atoms with Crippen LogP contribution in [0.15, 0.2) is 0 Å². The maximum Gasteiger partial charge on any atom is 0.326 e. The molecule has 2 N–H and O–H groups in total. The molecule has 17 heavy (non-hydrogen) atoms. The van der Waals surface area contributed by atoms with Crippen LogP contribution in [0.3, 0.4) is 0 Å². The Morgan fingerprint density at radius 1 is 1.65 bits per heavy atom. The van der Waals surface area contributed by atoms with Crippen molar-refractivity contribution in [3.8, 4) is 6.07 Å². The van der Waals surface area contributed by atoms with Crippen LogP contribution in [-0.2, 0) is 14.3 Å². The summed E-state index contributed by atoms with van der Waals surface area (Å²) in [6.45, 7) is 2.50. The molecule has 1 saturated heterocycles. The molecule has 0 saturated carbocycles. The van der Waals surface area contributed by atoms with Crippen molar-refractivity contribution in [2.45, 2.75) is 25.8 Å². The molecule has 0 aliphatic carbocycles. The quantitative estimate of drug-likeness (QED) is 0.712. The molecule has 1 amide bonds. The van der Waals surface area contributed by atoms with Gasteiger partial charge in [0.25, 0.3) is 0 Å². The van der Waals surface area contributed by atoms with Crippen molar-refractivity contribution >= 4 is 11.9 Å². The molecule has 0 spiro atoms. The molecule has 1 heterocycles. The van der Waals surface area contributed by atoms with Gasteiger partial charge in [-0.05, 0) is 6.42 Å². The zero-order valence-electron chi connectivity index (χ0n) is 9.68. The second kappa shape index (κ2) is 6.21. The predicted molar refractivity (Wildman–Crippen MR) is 57.9 cm³/mol. The van der Waals surface area contributed by atoms with Gasteiger partial charge in [0.05, 0.1) is 18.6 Å². The molecule has 1 aliphatic rings. The number of carboxylic acids is 1. The first-order valence-electron chi connectivity index (χ1n) is 5.54. The summed E-state index contributed by atoms with van der Waals surface area (Å²) in [5, 5.41) is 20.0. The van der Waals surface area contributed by atoms with Gasteiger partial charge in [0.15, 0.2) is 0 Å². The summed E-state index contributed by atoms with van der Waals surface area (Å²) in [6.07, 6.45) is 0.712. The molecule has 1 fully saturated rings. The summed E-state index contributed by atoms with van der Waals surface area (Å²) in [5.74, 6) is -2.10. The van der Waals surface area contributed by atoms with Gasteiger partial charge in [-0.2, -0.15) is 5.26 Å². The number of nitrogens with zero attached hydrogens (tertiary/aromatic N) is 1. The maximum atomic E-state index is 11.7. The van der Waals surface area contributed by atoms with E-state index in [1.807, 2.05) is 6.07 Å². The van der Waals surface area contributed by atoms with Crippen LogP contribution >= 0.6 is 0 Å². The van der Waals surface area contributed by atoms with E-state index in [1.165, 1.54) is 0 Å². The van der Waals surface area contributed by atoms with Crippen LogP contribution in [0.1, 0.15) is 19.8 Å². The molecular formula is C11H16N2O4. The van der Waals surface area contributed by atoms with E-state index >= 15 is 0 Å². The van der Waals surface area contributed by atoms with Crippen molar-refractivity contribution in [1.82, 2.24) is 5.32 Å². The van der Waals surface area contributed by atoms with Gasteiger partial charge in [-0.15, -0.1) is 0 Å². The fourth-order valence-electron chi connectivity index (χ4n) is 1.72. The molecule has 0 aromatic carbocycles. The fraction of sp³-hybridized carbons (Fsp3) is 0.727. The Kier molecular flexibility index (Phi) is 4.91. The van der Waals surface area contributed by atoms with Crippen molar-refractivity contribution in [3.05, 3.63) is 0 Å².